The van der Waals surface area contributed by atoms with Gasteiger partial charge in [0.15, 0.2) is 5.65 Å². The van der Waals surface area contributed by atoms with Crippen molar-refractivity contribution in [3.63, 3.8) is 0 Å². The predicted octanol–water partition coefficient (Wildman–Crippen LogP) is 1.55. The molecule has 5 heterocycles. The number of nitrogens with zero attached hydrogens (tertiary/aromatic N) is 6. The summed E-state index contributed by atoms with van der Waals surface area (Å²) in [7, 11) is 2.08. The van der Waals surface area contributed by atoms with Gasteiger partial charge in [0.25, 0.3) is 0 Å². The summed E-state index contributed by atoms with van der Waals surface area (Å²) in [6.45, 7) is 4.79. The number of aromatic nitrogens is 3. The molecule has 0 saturated carbocycles. The number of anilines is 1. The minimum absolute atomic E-state index is 0.0957. The van der Waals surface area contributed by atoms with E-state index in [4.69, 9.17) is 4.98 Å². The van der Waals surface area contributed by atoms with E-state index in [1.165, 1.54) is 0 Å². The van der Waals surface area contributed by atoms with Gasteiger partial charge in [-0.15, -0.1) is 0 Å². The molecule has 1 amide bonds. The Morgan fingerprint density at radius 3 is 2.81 bits per heavy atom. The minimum Gasteiger partial charge on any atom is -0.356 e. The van der Waals surface area contributed by atoms with Gasteiger partial charge in [-0.25, -0.2) is 9.97 Å². The number of hydrogen-bond donors (Lipinski definition) is 0. The van der Waals surface area contributed by atoms with Crippen LogP contribution in [0.15, 0.2) is 24.5 Å². The quantitative estimate of drug-likeness (QED) is 0.803. The highest BCUT2D eigenvalue weighted by molar-refractivity contribution is 5.82. The van der Waals surface area contributed by atoms with Gasteiger partial charge < -0.3 is 9.80 Å². The highest BCUT2D eigenvalue weighted by Gasteiger charge is 2.46. The van der Waals surface area contributed by atoms with Crippen LogP contribution in [-0.2, 0) is 4.79 Å². The van der Waals surface area contributed by atoms with Crippen molar-refractivity contribution < 1.29 is 4.79 Å². The third-order valence-corrected chi connectivity index (χ3v) is 6.63. The summed E-state index contributed by atoms with van der Waals surface area (Å²) in [6.07, 6.45) is 7.74. The standard InChI is InChI=1S/C20H26N6O/c1-24-10-2-3-16(24)19(27)26-12-7-20(14-26)6-11-25(13-20)17-5-4-15-18(23-17)22-9-8-21-15/h4-5,8-9,16H,2-3,6-7,10-14H2,1H3/t16-,20?/m1/s1. The van der Waals surface area contributed by atoms with Crippen LogP contribution < -0.4 is 4.90 Å². The van der Waals surface area contributed by atoms with Crippen molar-refractivity contribution in [1.82, 2.24) is 24.8 Å². The lowest BCUT2D eigenvalue weighted by Crippen LogP contribution is -2.44. The molecule has 0 bridgehead atoms. The molecule has 5 rings (SSSR count). The summed E-state index contributed by atoms with van der Waals surface area (Å²) < 4.78 is 0. The second-order valence-corrected chi connectivity index (χ2v) is 8.39. The van der Waals surface area contributed by atoms with E-state index in [9.17, 15) is 4.79 Å². The molecule has 0 aliphatic carbocycles. The fraction of sp³-hybridized carbons (Fsp3) is 0.600. The second kappa shape index (κ2) is 6.41. The molecule has 2 atom stereocenters. The maximum atomic E-state index is 12.9. The molecule has 3 saturated heterocycles. The fourth-order valence-electron chi connectivity index (χ4n) is 5.04. The van der Waals surface area contributed by atoms with E-state index < -0.39 is 0 Å². The zero-order valence-electron chi connectivity index (χ0n) is 15.8. The smallest absolute Gasteiger partial charge is 0.239 e. The maximum Gasteiger partial charge on any atom is 0.239 e. The van der Waals surface area contributed by atoms with Gasteiger partial charge in [0, 0.05) is 44.0 Å². The lowest BCUT2D eigenvalue weighted by atomic mass is 9.86. The highest BCUT2D eigenvalue weighted by Crippen LogP contribution is 2.41. The summed E-state index contributed by atoms with van der Waals surface area (Å²) in [5.41, 5.74) is 1.74. The Kier molecular flexibility index (Phi) is 4.00. The topological polar surface area (TPSA) is 65.5 Å². The Hall–Kier alpha value is -2.28. The van der Waals surface area contributed by atoms with E-state index in [0.29, 0.717) is 11.6 Å². The first-order valence-electron chi connectivity index (χ1n) is 9.95. The number of pyridine rings is 1. The van der Waals surface area contributed by atoms with Gasteiger partial charge in [-0.05, 0) is 51.4 Å². The normalized spacial score (nSPS) is 28.7. The summed E-state index contributed by atoms with van der Waals surface area (Å²) in [5, 5.41) is 0. The monoisotopic (exact) mass is 366 g/mol. The summed E-state index contributed by atoms with van der Waals surface area (Å²) in [5.74, 6) is 1.31. The molecule has 0 aromatic carbocycles. The van der Waals surface area contributed by atoms with Crippen LogP contribution in [0.2, 0.25) is 0 Å². The molecular formula is C20H26N6O. The van der Waals surface area contributed by atoms with E-state index in [-0.39, 0.29) is 11.5 Å². The average molecular weight is 366 g/mol. The van der Waals surface area contributed by atoms with Crippen LogP contribution in [0.3, 0.4) is 0 Å². The van der Waals surface area contributed by atoms with Crippen LogP contribution in [0.4, 0.5) is 5.82 Å². The lowest BCUT2D eigenvalue weighted by Gasteiger charge is -2.28. The number of carbonyl (C=O) groups is 1. The first-order chi connectivity index (χ1) is 13.1. The molecule has 1 unspecified atom stereocenters. The van der Waals surface area contributed by atoms with Gasteiger partial charge in [-0.1, -0.05) is 0 Å². The first-order valence-corrected chi connectivity index (χ1v) is 9.95. The van der Waals surface area contributed by atoms with E-state index >= 15 is 0 Å². The zero-order valence-corrected chi connectivity index (χ0v) is 15.8. The van der Waals surface area contributed by atoms with E-state index in [1.807, 2.05) is 12.1 Å². The summed E-state index contributed by atoms with van der Waals surface area (Å²) >= 11 is 0. The third-order valence-electron chi connectivity index (χ3n) is 6.63. The number of amides is 1. The van der Waals surface area contributed by atoms with Crippen molar-refractivity contribution in [2.75, 3.05) is 44.7 Å². The Bertz CT molecular complexity index is 872. The largest absolute Gasteiger partial charge is 0.356 e. The molecule has 0 N–H and O–H groups in total. The summed E-state index contributed by atoms with van der Waals surface area (Å²) in [4.78, 5) is 33.0. The van der Waals surface area contributed by atoms with Crippen LogP contribution in [0.25, 0.3) is 11.2 Å². The van der Waals surface area contributed by atoms with Crippen molar-refractivity contribution in [3.8, 4) is 0 Å². The zero-order chi connectivity index (χ0) is 18.4. The number of hydrogen-bond acceptors (Lipinski definition) is 6. The molecule has 0 radical (unpaired) electrons. The summed E-state index contributed by atoms with van der Waals surface area (Å²) in [6, 6.07) is 4.13. The predicted molar refractivity (Wildman–Crippen MR) is 103 cm³/mol. The molecule has 7 nitrogen and oxygen atoms in total. The molecule has 3 aliphatic rings. The van der Waals surface area contributed by atoms with Crippen LogP contribution in [-0.4, -0.2) is 76.5 Å². The number of fused-ring (bicyclic) bond motifs is 1. The third kappa shape index (κ3) is 2.94. The van der Waals surface area contributed by atoms with Crippen LogP contribution >= 0.6 is 0 Å². The molecule has 2 aromatic rings. The SMILES string of the molecule is CN1CCC[C@@H]1C(=O)N1CCC2(CCN(c3ccc4nccnc4n3)C2)C1. The molecule has 7 heteroatoms. The van der Waals surface area contributed by atoms with Gasteiger partial charge in [0.2, 0.25) is 5.91 Å². The van der Waals surface area contributed by atoms with Crippen LogP contribution in [0.5, 0.6) is 0 Å². The number of likely N-dealkylation sites (N-methyl/N-ethyl adjacent to an activating group) is 1. The van der Waals surface area contributed by atoms with Gasteiger partial charge in [0.05, 0.1) is 6.04 Å². The molecule has 1 spiro atoms. The first kappa shape index (κ1) is 16.9. The molecular weight excluding hydrogens is 340 g/mol. The van der Waals surface area contributed by atoms with Crippen molar-refractivity contribution in [2.45, 2.75) is 31.7 Å². The molecule has 3 aliphatic heterocycles. The Labute approximate surface area is 159 Å². The molecule has 27 heavy (non-hydrogen) atoms. The Morgan fingerprint density at radius 1 is 1.11 bits per heavy atom. The maximum absolute atomic E-state index is 12.9. The van der Waals surface area contributed by atoms with Crippen LogP contribution in [0.1, 0.15) is 25.7 Å². The van der Waals surface area contributed by atoms with E-state index in [2.05, 4.69) is 31.7 Å². The van der Waals surface area contributed by atoms with Gasteiger partial charge in [0.1, 0.15) is 11.3 Å². The van der Waals surface area contributed by atoms with Gasteiger partial charge in [-0.3, -0.25) is 14.7 Å². The lowest BCUT2D eigenvalue weighted by molar-refractivity contribution is -0.134. The number of rotatable bonds is 2. The molecule has 2 aromatic heterocycles. The van der Waals surface area contributed by atoms with Gasteiger partial charge >= 0.3 is 0 Å². The fourth-order valence-corrected chi connectivity index (χ4v) is 5.04. The van der Waals surface area contributed by atoms with Crippen molar-refractivity contribution in [1.29, 1.82) is 0 Å². The second-order valence-electron chi connectivity index (χ2n) is 8.39. The van der Waals surface area contributed by atoms with E-state index in [1.54, 1.807) is 12.4 Å². The van der Waals surface area contributed by atoms with Crippen LogP contribution in [0, 0.1) is 5.41 Å². The molecule has 3 fully saturated rings. The molecule has 142 valence electrons. The highest BCUT2D eigenvalue weighted by atomic mass is 16.2. The number of carbonyl (C=O) groups excluding carboxylic acids is 1. The number of likely N-dealkylation sites (tertiary alicyclic amines) is 2. The van der Waals surface area contributed by atoms with Gasteiger partial charge in [-0.2, -0.15) is 0 Å². The average Bonchev–Trinajstić information content (AvgIpc) is 3.42. The van der Waals surface area contributed by atoms with Crippen molar-refractivity contribution in [2.24, 2.45) is 5.41 Å². The van der Waals surface area contributed by atoms with Crippen molar-refractivity contribution >= 4 is 22.9 Å². The minimum atomic E-state index is 0.0957. The van der Waals surface area contributed by atoms with E-state index in [0.717, 1.165) is 69.7 Å². The van der Waals surface area contributed by atoms with Crippen molar-refractivity contribution in [3.05, 3.63) is 24.5 Å². The Morgan fingerprint density at radius 2 is 1.96 bits per heavy atom. The Balaban J connectivity index is 1.29.